The van der Waals surface area contributed by atoms with Crippen LogP contribution in [0.15, 0.2) is 48.6 Å². The molecule has 0 bridgehead atoms. The van der Waals surface area contributed by atoms with Crippen LogP contribution in [-0.4, -0.2) is 154 Å². The molecule has 0 spiro atoms. The minimum absolute atomic E-state index is 0.133. The summed E-state index contributed by atoms with van der Waals surface area (Å²) < 4.78 is 0. The van der Waals surface area contributed by atoms with Crippen molar-refractivity contribution in [3.05, 3.63) is 48.6 Å². The van der Waals surface area contributed by atoms with Crippen molar-refractivity contribution in [1.82, 2.24) is 25.3 Å². The van der Waals surface area contributed by atoms with E-state index in [1.807, 2.05) is 10.8 Å². The van der Waals surface area contributed by atoms with Gasteiger partial charge in [0.25, 0.3) is 0 Å². The molecular weight excluding hydrogens is 1170 g/mol. The van der Waals surface area contributed by atoms with Crippen molar-refractivity contribution < 1.29 is 30.0 Å². The highest BCUT2D eigenvalue weighted by atomic mass is 33.1. The van der Waals surface area contributed by atoms with Gasteiger partial charge in [0.2, 0.25) is 11.8 Å². The Morgan fingerprint density at radius 2 is 0.703 bits per heavy atom. The van der Waals surface area contributed by atoms with Crippen LogP contribution in [0.3, 0.4) is 0 Å². The summed E-state index contributed by atoms with van der Waals surface area (Å²) in [6, 6.07) is -0.624. The molecule has 0 aliphatic rings. The van der Waals surface area contributed by atoms with Gasteiger partial charge in [-0.3, -0.25) is 19.4 Å². The summed E-state index contributed by atoms with van der Waals surface area (Å²) in [6.07, 6.45) is 66.4. The maximum Gasteiger partial charge on any atom is 0.242 e. The fraction of sp³-hybridized carbons (Fsp3) is 0.872. The fourth-order valence-corrected chi connectivity index (χ4v) is 14.1. The Kier molecular flexibility index (Phi) is 69.8. The number of hydrogen-bond donors (Lipinski definition) is 6. The zero-order chi connectivity index (χ0) is 66.6. The Balaban J connectivity index is 5.43. The zero-order valence-corrected chi connectivity index (χ0v) is 62.2. The summed E-state index contributed by atoms with van der Waals surface area (Å²) in [6.45, 7) is 20.0. The van der Waals surface area contributed by atoms with Crippen molar-refractivity contribution in [2.24, 2.45) is 0 Å². The molecule has 0 radical (unpaired) electrons. The monoisotopic (exact) mass is 1320 g/mol. The third-order valence-electron chi connectivity index (χ3n) is 17.8. The molecule has 0 saturated heterocycles. The third kappa shape index (κ3) is 64.1. The molecule has 0 heterocycles. The van der Waals surface area contributed by atoms with Gasteiger partial charge in [0.05, 0.1) is 24.4 Å². The van der Waals surface area contributed by atoms with Crippen molar-refractivity contribution in [1.29, 1.82) is 0 Å². The number of likely N-dealkylation sites (N-methyl/N-ethyl adjacent to an activating group) is 1. The van der Waals surface area contributed by atoms with Crippen LogP contribution in [0, 0.1) is 0 Å². The number of nitrogens with one attached hydrogen (secondary N) is 2. The van der Waals surface area contributed by atoms with E-state index in [-0.39, 0.29) is 18.2 Å². The van der Waals surface area contributed by atoms with E-state index in [9.17, 15) is 30.0 Å². The smallest absolute Gasteiger partial charge is 0.242 e. The van der Waals surface area contributed by atoms with Crippen LogP contribution in [0.4, 0.5) is 0 Å². The zero-order valence-electron chi connectivity index (χ0n) is 60.6. The lowest BCUT2D eigenvalue weighted by molar-refractivity contribution is -0.129. The van der Waals surface area contributed by atoms with Crippen LogP contribution < -0.4 is 10.6 Å². The molecule has 0 aromatic carbocycles. The number of amides is 2. The Bertz CT molecular complexity index is 1570. The molecule has 0 aromatic heterocycles. The van der Waals surface area contributed by atoms with Crippen molar-refractivity contribution in [2.45, 2.75) is 361 Å². The van der Waals surface area contributed by atoms with Gasteiger partial charge < -0.3 is 36.0 Å². The number of carbonyl (C=O) groups excluding carboxylic acids is 2. The van der Waals surface area contributed by atoms with Crippen molar-refractivity contribution >= 4 is 33.4 Å². The molecular formula is C78H151N5O6S2. The Hall–Kier alpha value is -1.68. The van der Waals surface area contributed by atoms with Crippen LogP contribution in [0.1, 0.15) is 330 Å². The van der Waals surface area contributed by atoms with Crippen LogP contribution in [0.2, 0.25) is 0 Å². The summed E-state index contributed by atoms with van der Waals surface area (Å²) in [5, 5.41) is 51.2. The van der Waals surface area contributed by atoms with E-state index in [4.69, 9.17) is 0 Å². The van der Waals surface area contributed by atoms with Gasteiger partial charge in [-0.15, -0.1) is 0 Å². The number of aliphatic hydroxyl groups excluding tert-OH is 4. The van der Waals surface area contributed by atoms with Gasteiger partial charge in [-0.25, -0.2) is 0 Å². The summed E-state index contributed by atoms with van der Waals surface area (Å²) >= 11 is 0. The highest BCUT2D eigenvalue weighted by Crippen LogP contribution is 2.25. The molecule has 0 aliphatic carbocycles. The maximum atomic E-state index is 13.7. The van der Waals surface area contributed by atoms with Gasteiger partial charge in [-0.2, -0.15) is 0 Å². The molecule has 2 amide bonds. The standard InChI is InChI=1S/C78H151N5O6S2/c1-7-13-17-21-25-29-31-33-35-37-39-43-47-51-56-72(84)68-82(69-73(85)57-52-48-44-40-38-36-34-32-30-26-22-18-14-8-2)63-53-54-66-90-91-67-61-76(78(89)79-62-65-81(11-5)12-6)80-77(88)60-55-64-83(70-74(86)58-49-45-41-27-23-19-15-9-3)71-75(87)59-50-46-42-28-24-20-16-10-4/h25-26,29-30,33-36,72-76,84-87H,7-24,27-28,31-32,37-71H2,1-6H3,(H,79,89)(H,80,88)/b29-25-,30-26-,35-33-,36-34-. The van der Waals surface area contributed by atoms with Gasteiger partial charge in [-0.1, -0.05) is 279 Å². The van der Waals surface area contributed by atoms with E-state index >= 15 is 0 Å². The molecule has 0 fully saturated rings. The largest absolute Gasteiger partial charge is 0.392 e. The first-order chi connectivity index (χ1) is 44.5. The second kappa shape index (κ2) is 71.1. The van der Waals surface area contributed by atoms with Gasteiger partial charge >= 0.3 is 0 Å². The Morgan fingerprint density at radius 1 is 0.363 bits per heavy atom. The van der Waals surface area contributed by atoms with Crippen molar-refractivity contribution in [2.75, 3.05) is 77.0 Å². The topological polar surface area (TPSA) is 149 Å². The minimum Gasteiger partial charge on any atom is -0.392 e. The fourth-order valence-electron chi connectivity index (χ4n) is 11.9. The first-order valence-corrected chi connectivity index (χ1v) is 41.3. The van der Waals surface area contributed by atoms with Gasteiger partial charge in [0.15, 0.2) is 0 Å². The minimum atomic E-state index is -0.624. The summed E-state index contributed by atoms with van der Waals surface area (Å²) in [4.78, 5) is 34.2. The van der Waals surface area contributed by atoms with Crippen LogP contribution in [-0.2, 0) is 9.59 Å². The number of allylic oxidation sites excluding steroid dienone is 8. The molecule has 91 heavy (non-hydrogen) atoms. The number of carbonyl (C=O) groups is 2. The van der Waals surface area contributed by atoms with E-state index in [2.05, 4.69) is 115 Å². The van der Waals surface area contributed by atoms with Gasteiger partial charge in [0, 0.05) is 57.2 Å². The van der Waals surface area contributed by atoms with E-state index in [0.29, 0.717) is 52.1 Å². The SMILES string of the molecule is CCCCC/C=C\C/C=C\CCCCCCC(O)CN(CCCCSSCCC(NC(=O)CCCN(CC(O)CCCCCCCCCC)CC(O)CCCCCCCCCC)C(=O)NCCN(CC)CC)CC(O)CCCCCC/C=C\C/C=C\CCCCC. The lowest BCUT2D eigenvalue weighted by Gasteiger charge is -2.27. The average Bonchev–Trinajstić information content (AvgIpc) is 3.55. The molecule has 11 nitrogen and oxygen atoms in total. The molecule has 0 aliphatic heterocycles. The molecule has 5 unspecified atom stereocenters. The van der Waals surface area contributed by atoms with Crippen molar-refractivity contribution in [3.63, 3.8) is 0 Å². The number of rotatable bonds is 72. The molecule has 0 saturated carbocycles. The molecule has 0 aromatic rings. The maximum absolute atomic E-state index is 13.7. The molecule has 13 heteroatoms. The molecule has 6 N–H and O–H groups in total. The number of unbranched alkanes of at least 4 members (excludes halogenated alkanes) is 29. The number of aliphatic hydroxyl groups is 4. The van der Waals surface area contributed by atoms with Crippen LogP contribution in [0.25, 0.3) is 0 Å². The lowest BCUT2D eigenvalue weighted by atomic mass is 10.0. The Labute approximate surface area is 572 Å². The predicted octanol–water partition coefficient (Wildman–Crippen LogP) is 19.2. The third-order valence-corrected chi connectivity index (χ3v) is 20.3. The van der Waals surface area contributed by atoms with Crippen LogP contribution >= 0.6 is 21.6 Å². The highest BCUT2D eigenvalue weighted by Gasteiger charge is 2.22. The lowest BCUT2D eigenvalue weighted by Crippen LogP contribution is -2.48. The normalized spacial score (nSPS) is 14.0. The van der Waals surface area contributed by atoms with E-state index in [1.165, 1.54) is 154 Å². The summed E-state index contributed by atoms with van der Waals surface area (Å²) in [5.41, 5.74) is 0. The molecule has 5 atom stereocenters. The Morgan fingerprint density at radius 3 is 1.10 bits per heavy atom. The van der Waals surface area contributed by atoms with E-state index in [0.717, 1.165) is 153 Å². The first kappa shape index (κ1) is 89.3. The number of hydrogen-bond acceptors (Lipinski definition) is 11. The molecule has 536 valence electrons. The van der Waals surface area contributed by atoms with E-state index < -0.39 is 30.5 Å². The predicted molar refractivity (Wildman–Crippen MR) is 402 cm³/mol. The summed E-state index contributed by atoms with van der Waals surface area (Å²) in [7, 11) is 3.58. The van der Waals surface area contributed by atoms with E-state index in [1.54, 1.807) is 10.8 Å². The highest BCUT2D eigenvalue weighted by molar-refractivity contribution is 8.76. The van der Waals surface area contributed by atoms with Gasteiger partial charge in [0.1, 0.15) is 6.04 Å². The summed E-state index contributed by atoms with van der Waals surface area (Å²) in [5.74, 6) is 1.42. The van der Waals surface area contributed by atoms with Gasteiger partial charge in [-0.05, 0) is 142 Å². The second-order valence-electron chi connectivity index (χ2n) is 26.7. The first-order valence-electron chi connectivity index (χ1n) is 38.8. The molecule has 0 rings (SSSR count). The quantitative estimate of drug-likeness (QED) is 0.0196. The average molecular weight is 1320 g/mol. The number of nitrogens with zero attached hydrogens (tertiary/aromatic N) is 3. The second-order valence-corrected chi connectivity index (χ2v) is 29.4. The van der Waals surface area contributed by atoms with Crippen molar-refractivity contribution in [3.8, 4) is 0 Å². The van der Waals surface area contributed by atoms with Crippen LogP contribution in [0.5, 0.6) is 0 Å².